The highest BCUT2D eigenvalue weighted by molar-refractivity contribution is 6.37. The van der Waals surface area contributed by atoms with Crippen molar-refractivity contribution in [3.05, 3.63) is 81.5 Å². The first-order valence-corrected chi connectivity index (χ1v) is 14.4. The first kappa shape index (κ1) is 25.3. The van der Waals surface area contributed by atoms with E-state index in [1.54, 1.807) is 35.0 Å². The van der Waals surface area contributed by atoms with Crippen molar-refractivity contribution in [2.45, 2.75) is 31.7 Å². The smallest absolute Gasteiger partial charge is 0.270 e. The van der Waals surface area contributed by atoms with Crippen molar-refractivity contribution in [2.75, 3.05) is 36.4 Å². The minimum atomic E-state index is -0.354. The molecule has 0 saturated carbocycles. The van der Waals surface area contributed by atoms with Crippen molar-refractivity contribution in [1.29, 1.82) is 0 Å². The van der Waals surface area contributed by atoms with Gasteiger partial charge in [0.2, 0.25) is 11.7 Å². The van der Waals surface area contributed by atoms with E-state index in [9.17, 15) is 4.79 Å². The number of imidazole rings is 1. The number of fused-ring (bicyclic) bond motifs is 3. The minimum Gasteiger partial charge on any atom is -0.371 e. The molecule has 0 bridgehead atoms. The second-order valence-electron chi connectivity index (χ2n) is 10.4. The number of likely N-dealkylation sites (tertiary alicyclic amines) is 1. The minimum absolute atomic E-state index is 0.319. The van der Waals surface area contributed by atoms with Crippen LogP contribution in [0.5, 0.6) is 0 Å². The normalized spacial score (nSPS) is 16.8. The summed E-state index contributed by atoms with van der Waals surface area (Å²) in [6.07, 6.45) is 10.0. The fourth-order valence-electron chi connectivity index (χ4n) is 5.99. The first-order chi connectivity index (χ1) is 19.6. The van der Waals surface area contributed by atoms with Gasteiger partial charge in [-0.1, -0.05) is 29.3 Å². The number of aromatic nitrogens is 5. The lowest BCUT2D eigenvalue weighted by Crippen LogP contribution is -2.43. The molecule has 0 radical (unpaired) electrons. The summed E-state index contributed by atoms with van der Waals surface area (Å²) in [4.78, 5) is 32.2. The van der Waals surface area contributed by atoms with E-state index in [0.717, 1.165) is 24.8 Å². The van der Waals surface area contributed by atoms with Crippen LogP contribution in [0.25, 0.3) is 22.5 Å². The molecular formula is C29H28Cl2N8O. The van der Waals surface area contributed by atoms with Crippen LogP contribution in [0.2, 0.25) is 10.0 Å². The largest absolute Gasteiger partial charge is 0.371 e. The van der Waals surface area contributed by atoms with Crippen LogP contribution < -0.4 is 15.8 Å². The number of hydrogen-bond acceptors (Lipinski definition) is 7. The van der Waals surface area contributed by atoms with Crippen molar-refractivity contribution in [1.82, 2.24) is 28.8 Å². The predicted octanol–water partition coefficient (Wildman–Crippen LogP) is 5.54. The fraction of sp³-hybridized carbons (Fsp3) is 0.310. The molecule has 0 aliphatic carbocycles. The molecule has 40 heavy (non-hydrogen) atoms. The van der Waals surface area contributed by atoms with Crippen molar-refractivity contribution >= 4 is 57.3 Å². The summed E-state index contributed by atoms with van der Waals surface area (Å²) in [7, 11) is 0. The quantitative estimate of drug-likeness (QED) is 0.295. The van der Waals surface area contributed by atoms with Crippen LogP contribution in [0.1, 0.15) is 25.7 Å². The number of hydrogen-bond donors (Lipinski definition) is 1. The zero-order valence-corrected chi connectivity index (χ0v) is 23.3. The van der Waals surface area contributed by atoms with Crippen LogP contribution in [0, 0.1) is 0 Å². The number of benzene rings is 2. The molecule has 0 atom stereocenters. The van der Waals surface area contributed by atoms with Gasteiger partial charge in [-0.05, 0) is 75.2 Å². The number of nitrogens with zero attached hydrogens (tertiary/aromatic N) is 7. The zero-order valence-electron chi connectivity index (χ0n) is 21.8. The Bertz CT molecular complexity index is 1730. The molecule has 1 N–H and O–H groups in total. The van der Waals surface area contributed by atoms with Crippen molar-refractivity contribution in [3.63, 3.8) is 0 Å². The Morgan fingerprint density at radius 3 is 2.35 bits per heavy atom. The maximum Gasteiger partial charge on any atom is 0.270 e. The third kappa shape index (κ3) is 4.48. The van der Waals surface area contributed by atoms with Crippen molar-refractivity contribution in [3.8, 4) is 5.69 Å². The van der Waals surface area contributed by atoms with Gasteiger partial charge in [0, 0.05) is 49.1 Å². The van der Waals surface area contributed by atoms with Crippen molar-refractivity contribution in [2.24, 2.45) is 0 Å². The molecule has 11 heteroatoms. The van der Waals surface area contributed by atoms with Crippen LogP contribution in [-0.2, 0) is 0 Å². The zero-order chi connectivity index (χ0) is 27.2. The third-order valence-electron chi connectivity index (χ3n) is 8.02. The molecule has 2 aliphatic rings. The van der Waals surface area contributed by atoms with Gasteiger partial charge in [0.1, 0.15) is 5.39 Å². The molecule has 3 aromatic heterocycles. The second-order valence-corrected chi connectivity index (χ2v) is 11.2. The van der Waals surface area contributed by atoms with Crippen LogP contribution in [0.15, 0.2) is 65.8 Å². The fourth-order valence-corrected chi connectivity index (χ4v) is 6.56. The van der Waals surface area contributed by atoms with Crippen LogP contribution in [-0.4, -0.2) is 61.0 Å². The molecule has 5 aromatic rings. The highest BCUT2D eigenvalue weighted by atomic mass is 35.5. The SMILES string of the molecule is O=c1c2cnc(Nc3ccc(N4CCC(N5CCCC5)CC4)cc3)nc2n2ccnc2n1-c1c(Cl)cccc1Cl. The third-order valence-corrected chi connectivity index (χ3v) is 8.63. The van der Waals surface area contributed by atoms with E-state index >= 15 is 0 Å². The molecule has 9 nitrogen and oxygen atoms in total. The Hall–Kier alpha value is -3.66. The van der Waals surface area contributed by atoms with E-state index in [1.807, 2.05) is 12.1 Å². The molecule has 2 aromatic carbocycles. The molecule has 0 unspecified atom stereocenters. The van der Waals surface area contributed by atoms with Crippen LogP contribution in [0.3, 0.4) is 0 Å². The van der Waals surface area contributed by atoms with Gasteiger partial charge in [-0.25, -0.2) is 14.5 Å². The lowest BCUT2D eigenvalue weighted by molar-refractivity contribution is 0.208. The molecular weight excluding hydrogens is 547 g/mol. The predicted molar refractivity (Wildman–Crippen MR) is 160 cm³/mol. The Morgan fingerprint density at radius 2 is 1.62 bits per heavy atom. The maximum atomic E-state index is 13.6. The molecule has 0 spiro atoms. The Morgan fingerprint density at radius 1 is 0.900 bits per heavy atom. The van der Waals surface area contributed by atoms with Gasteiger partial charge in [0.15, 0.2) is 5.65 Å². The lowest BCUT2D eigenvalue weighted by Gasteiger charge is -2.37. The molecule has 2 aliphatic heterocycles. The lowest BCUT2D eigenvalue weighted by atomic mass is 10.0. The van der Waals surface area contributed by atoms with Gasteiger partial charge in [-0.15, -0.1) is 0 Å². The number of anilines is 3. The van der Waals surface area contributed by atoms with E-state index in [-0.39, 0.29) is 5.56 Å². The van der Waals surface area contributed by atoms with E-state index < -0.39 is 0 Å². The summed E-state index contributed by atoms with van der Waals surface area (Å²) in [5.74, 6) is 0.740. The standard InChI is InChI=1S/C29H28Cl2N8O/c30-23-4-3-5-24(31)25(23)39-27(40)22-18-33-28(35-26(22)38-17-12-32-29(38)39)34-19-6-8-20(9-7-19)37-15-10-21(11-16-37)36-13-1-2-14-36/h3-9,12,17-18,21H,1-2,10-11,13-16H2,(H,33,34,35). The van der Waals surface area contributed by atoms with Gasteiger partial charge in [0.05, 0.1) is 15.7 Å². The molecule has 5 heterocycles. The molecule has 0 amide bonds. The Balaban J connectivity index is 1.14. The average Bonchev–Trinajstić information content (AvgIpc) is 3.68. The average molecular weight is 576 g/mol. The molecule has 2 saturated heterocycles. The van der Waals surface area contributed by atoms with E-state index in [1.165, 1.54) is 55.2 Å². The highest BCUT2D eigenvalue weighted by Crippen LogP contribution is 2.30. The molecule has 7 rings (SSSR count). The monoisotopic (exact) mass is 574 g/mol. The van der Waals surface area contributed by atoms with Crippen LogP contribution >= 0.6 is 23.2 Å². The second kappa shape index (κ2) is 10.4. The van der Waals surface area contributed by atoms with Gasteiger partial charge < -0.3 is 15.1 Å². The summed E-state index contributed by atoms with van der Waals surface area (Å²) in [6, 6.07) is 14.2. The summed E-state index contributed by atoms with van der Waals surface area (Å²) >= 11 is 12.9. The number of piperidine rings is 1. The Kier molecular flexibility index (Phi) is 6.57. The first-order valence-electron chi connectivity index (χ1n) is 13.6. The maximum absolute atomic E-state index is 13.6. The number of rotatable bonds is 5. The van der Waals surface area contributed by atoms with Gasteiger partial charge in [0.25, 0.3) is 5.56 Å². The van der Waals surface area contributed by atoms with Crippen LogP contribution in [0.4, 0.5) is 17.3 Å². The van der Waals surface area contributed by atoms with Crippen molar-refractivity contribution < 1.29 is 0 Å². The number of halogens is 2. The van der Waals surface area contributed by atoms with E-state index in [2.05, 4.69) is 42.2 Å². The van der Waals surface area contributed by atoms with Gasteiger partial charge >= 0.3 is 0 Å². The van der Waals surface area contributed by atoms with Gasteiger partial charge in [-0.3, -0.25) is 9.20 Å². The topological polar surface area (TPSA) is 83.6 Å². The summed E-state index contributed by atoms with van der Waals surface area (Å²) in [5, 5.41) is 4.29. The molecule has 2 fully saturated rings. The van der Waals surface area contributed by atoms with E-state index in [0.29, 0.717) is 38.5 Å². The summed E-state index contributed by atoms with van der Waals surface area (Å²) in [5.41, 5.74) is 2.55. The highest BCUT2D eigenvalue weighted by Gasteiger charge is 2.26. The molecule has 204 valence electrons. The number of nitrogens with one attached hydrogen (secondary N) is 1. The Labute approximate surface area is 241 Å². The summed E-state index contributed by atoms with van der Waals surface area (Å²) in [6.45, 7) is 4.69. The van der Waals surface area contributed by atoms with Gasteiger partial charge in [-0.2, -0.15) is 4.98 Å². The summed E-state index contributed by atoms with van der Waals surface area (Å²) < 4.78 is 3.13. The number of para-hydroxylation sites is 1. The van der Waals surface area contributed by atoms with E-state index in [4.69, 9.17) is 23.2 Å².